The molecule has 2 N–H and O–H groups in total. The molecular formula is C29H36F3N9O2. The van der Waals surface area contributed by atoms with Crippen molar-refractivity contribution >= 4 is 40.5 Å². The average Bonchev–Trinajstić information content (AvgIpc) is 3.20. The molecule has 0 aliphatic carbocycles. The average molecular weight is 600 g/mol. The van der Waals surface area contributed by atoms with Gasteiger partial charge in [0, 0.05) is 55.8 Å². The zero-order valence-electron chi connectivity index (χ0n) is 24.8. The first-order valence-electron chi connectivity index (χ1n) is 13.9. The number of halogens is 3. The molecule has 230 valence electrons. The van der Waals surface area contributed by atoms with Crippen molar-refractivity contribution in [3.05, 3.63) is 65.1 Å². The van der Waals surface area contributed by atoms with Crippen molar-refractivity contribution < 1.29 is 18.0 Å². The topological polar surface area (TPSA) is 113 Å². The lowest BCUT2D eigenvalue weighted by atomic mass is 10.1. The van der Waals surface area contributed by atoms with Gasteiger partial charge in [0.2, 0.25) is 5.95 Å². The number of benzene rings is 1. The van der Waals surface area contributed by atoms with Gasteiger partial charge in [0.15, 0.2) is 11.5 Å². The standard InChI is InChI=1S/C29H36F3N9O2/c1-7-12-40-27(43)22-15-33-28(36-26(22)41(40)25(9-8-13-42)37-38(6)18(2)3)35-21-10-11-24(23(14-21)29(30,31)32)39-16-19(4)34-20(5)17-39/h7-11,13-15,18-20,34H,1,12,16-17H2,2-6H3,(H,33,35,36)/b9-8-,37-25+. The van der Waals surface area contributed by atoms with Crippen LogP contribution in [0.3, 0.4) is 0 Å². The van der Waals surface area contributed by atoms with E-state index in [0.717, 1.165) is 6.07 Å². The second-order valence-electron chi connectivity index (χ2n) is 10.8. The molecule has 11 nitrogen and oxygen atoms in total. The van der Waals surface area contributed by atoms with Crippen LogP contribution in [0.1, 0.15) is 33.3 Å². The Hall–Kier alpha value is -4.46. The fourth-order valence-corrected chi connectivity index (χ4v) is 4.93. The number of hydrazone groups is 1. The summed E-state index contributed by atoms with van der Waals surface area (Å²) >= 11 is 0. The van der Waals surface area contributed by atoms with E-state index in [0.29, 0.717) is 19.4 Å². The van der Waals surface area contributed by atoms with Crippen molar-refractivity contribution in [3.63, 3.8) is 0 Å². The molecule has 2 aromatic heterocycles. The van der Waals surface area contributed by atoms with Gasteiger partial charge in [-0.15, -0.1) is 6.58 Å². The van der Waals surface area contributed by atoms with Crippen molar-refractivity contribution in [1.82, 2.24) is 29.7 Å². The number of alkyl halides is 3. The van der Waals surface area contributed by atoms with Crippen molar-refractivity contribution in [2.75, 3.05) is 30.4 Å². The minimum atomic E-state index is -4.60. The van der Waals surface area contributed by atoms with Crippen LogP contribution in [0.5, 0.6) is 0 Å². The molecule has 0 amide bonds. The van der Waals surface area contributed by atoms with Crippen LogP contribution in [0, 0.1) is 0 Å². The van der Waals surface area contributed by atoms with Gasteiger partial charge < -0.3 is 15.5 Å². The van der Waals surface area contributed by atoms with E-state index in [1.54, 1.807) is 23.0 Å². The molecule has 0 radical (unpaired) electrons. The van der Waals surface area contributed by atoms with E-state index in [4.69, 9.17) is 0 Å². The van der Waals surface area contributed by atoms with Crippen molar-refractivity contribution in [2.24, 2.45) is 5.10 Å². The fraction of sp³-hybridized carbons (Fsp3) is 0.414. The number of hydrogen-bond acceptors (Lipinski definition) is 9. The molecule has 1 aliphatic rings. The van der Waals surface area contributed by atoms with E-state index < -0.39 is 17.3 Å². The lowest BCUT2D eigenvalue weighted by Gasteiger charge is -2.38. The largest absolute Gasteiger partial charge is 0.418 e. The third kappa shape index (κ3) is 6.96. The zero-order chi connectivity index (χ0) is 31.5. The number of rotatable bonds is 9. The summed E-state index contributed by atoms with van der Waals surface area (Å²) in [4.78, 5) is 34.9. The van der Waals surface area contributed by atoms with Crippen LogP contribution < -0.4 is 21.1 Å². The summed E-state index contributed by atoms with van der Waals surface area (Å²) in [6.07, 6.45) is 1.48. The van der Waals surface area contributed by atoms with Gasteiger partial charge in [-0.2, -0.15) is 23.3 Å². The van der Waals surface area contributed by atoms with Gasteiger partial charge in [-0.05, 0) is 58.0 Å². The van der Waals surface area contributed by atoms with Crippen molar-refractivity contribution in [2.45, 2.75) is 58.5 Å². The van der Waals surface area contributed by atoms with Gasteiger partial charge in [-0.25, -0.2) is 14.3 Å². The number of aldehydes is 1. The third-order valence-electron chi connectivity index (χ3n) is 6.98. The number of piperazine rings is 1. The maximum Gasteiger partial charge on any atom is 0.418 e. The number of carbonyl (C=O) groups excluding carboxylic acids is 1. The first-order chi connectivity index (χ1) is 20.3. The predicted octanol–water partition coefficient (Wildman–Crippen LogP) is 3.98. The number of anilines is 3. The van der Waals surface area contributed by atoms with E-state index in [1.165, 1.54) is 39.9 Å². The molecule has 0 saturated carbocycles. The molecule has 3 heterocycles. The second-order valence-corrected chi connectivity index (χ2v) is 10.8. The maximum absolute atomic E-state index is 14.3. The smallest absolute Gasteiger partial charge is 0.368 e. The Morgan fingerprint density at radius 1 is 1.28 bits per heavy atom. The molecule has 1 aliphatic heterocycles. The van der Waals surface area contributed by atoms with Crippen LogP contribution >= 0.6 is 0 Å². The zero-order valence-corrected chi connectivity index (χ0v) is 24.8. The summed E-state index contributed by atoms with van der Waals surface area (Å²) in [5.41, 5.74) is -0.835. The highest BCUT2D eigenvalue weighted by Gasteiger charge is 2.36. The summed E-state index contributed by atoms with van der Waals surface area (Å²) in [6.45, 7) is 12.4. The van der Waals surface area contributed by atoms with E-state index in [2.05, 4.69) is 32.3 Å². The van der Waals surface area contributed by atoms with E-state index >= 15 is 0 Å². The Kier molecular flexibility index (Phi) is 9.38. The van der Waals surface area contributed by atoms with Gasteiger partial charge in [0.05, 0.1) is 12.1 Å². The molecule has 2 unspecified atom stereocenters. The number of fused-ring (bicyclic) bond motifs is 1. The molecule has 0 spiro atoms. The van der Waals surface area contributed by atoms with Crippen molar-refractivity contribution in [1.29, 1.82) is 0 Å². The SMILES string of the molecule is C=CCn1c(=O)c2cnc(Nc3ccc(N4CC(C)NC(C)C4)c(C(F)(F)F)c3)nc2n1C(/C=C\C=O)=N/N(C)C(C)C. The van der Waals surface area contributed by atoms with Gasteiger partial charge in [0.1, 0.15) is 11.7 Å². The Morgan fingerprint density at radius 2 is 1.98 bits per heavy atom. The number of hydrogen-bond donors (Lipinski definition) is 2. The normalized spacial score (nSPS) is 18.1. The quantitative estimate of drug-likeness (QED) is 0.0949. The highest BCUT2D eigenvalue weighted by atomic mass is 19.4. The lowest BCUT2D eigenvalue weighted by Crippen LogP contribution is -2.54. The van der Waals surface area contributed by atoms with Crippen LogP contribution in [0.4, 0.5) is 30.5 Å². The number of carbonyl (C=O) groups is 1. The van der Waals surface area contributed by atoms with E-state index in [1.807, 2.05) is 27.7 Å². The summed E-state index contributed by atoms with van der Waals surface area (Å²) in [5.74, 6) is 0.184. The molecule has 1 saturated heterocycles. The Bertz CT molecular complexity index is 1600. The van der Waals surface area contributed by atoms with Crippen molar-refractivity contribution in [3.8, 4) is 0 Å². The molecule has 1 aromatic carbocycles. The molecule has 14 heteroatoms. The molecule has 43 heavy (non-hydrogen) atoms. The Balaban J connectivity index is 1.81. The minimum absolute atomic E-state index is 0.00805. The summed E-state index contributed by atoms with van der Waals surface area (Å²) < 4.78 is 45.5. The predicted molar refractivity (Wildman–Crippen MR) is 162 cm³/mol. The summed E-state index contributed by atoms with van der Waals surface area (Å²) in [5, 5.41) is 12.6. The van der Waals surface area contributed by atoms with E-state index in [-0.39, 0.29) is 58.9 Å². The first kappa shape index (κ1) is 31.5. The minimum Gasteiger partial charge on any atom is -0.368 e. The van der Waals surface area contributed by atoms with Crippen LogP contribution in [-0.4, -0.2) is 74.7 Å². The Labute approximate surface area is 247 Å². The second kappa shape index (κ2) is 12.8. The number of nitrogens with zero attached hydrogens (tertiary/aromatic N) is 7. The molecule has 2 atom stereocenters. The molecule has 1 fully saturated rings. The van der Waals surface area contributed by atoms with Crippen LogP contribution in [-0.2, 0) is 17.5 Å². The molecule has 3 aromatic rings. The number of nitrogens with one attached hydrogen (secondary N) is 2. The number of aromatic nitrogens is 4. The number of allylic oxidation sites excluding steroid dienone is 3. The Morgan fingerprint density at radius 3 is 2.58 bits per heavy atom. The van der Waals surface area contributed by atoms with Crippen LogP contribution in [0.25, 0.3) is 11.0 Å². The van der Waals surface area contributed by atoms with Gasteiger partial charge in [0.25, 0.3) is 5.56 Å². The highest BCUT2D eigenvalue weighted by molar-refractivity contribution is 6.01. The van der Waals surface area contributed by atoms with Crippen LogP contribution in [0.2, 0.25) is 0 Å². The lowest BCUT2D eigenvalue weighted by molar-refractivity contribution is -0.137. The van der Waals surface area contributed by atoms with Gasteiger partial charge in [-0.3, -0.25) is 14.6 Å². The summed E-state index contributed by atoms with van der Waals surface area (Å²) in [7, 11) is 1.74. The summed E-state index contributed by atoms with van der Waals surface area (Å²) in [6, 6.07) is 4.08. The van der Waals surface area contributed by atoms with E-state index in [9.17, 15) is 22.8 Å². The third-order valence-corrected chi connectivity index (χ3v) is 6.98. The van der Waals surface area contributed by atoms with Gasteiger partial charge in [-0.1, -0.05) is 6.08 Å². The van der Waals surface area contributed by atoms with Gasteiger partial charge >= 0.3 is 6.18 Å². The monoisotopic (exact) mass is 599 g/mol. The highest BCUT2D eigenvalue weighted by Crippen LogP contribution is 2.39. The fourth-order valence-electron chi connectivity index (χ4n) is 4.93. The maximum atomic E-state index is 14.3. The molecule has 4 rings (SSSR count). The van der Waals surface area contributed by atoms with Crippen LogP contribution in [0.15, 0.2) is 59.1 Å². The molecule has 0 bridgehead atoms. The molecular weight excluding hydrogens is 563 g/mol. The first-order valence-corrected chi connectivity index (χ1v) is 13.9.